The van der Waals surface area contributed by atoms with Crippen molar-refractivity contribution < 1.29 is 9.59 Å². The van der Waals surface area contributed by atoms with Gasteiger partial charge < -0.3 is 16.8 Å². The van der Waals surface area contributed by atoms with Crippen molar-refractivity contribution >= 4 is 11.8 Å². The summed E-state index contributed by atoms with van der Waals surface area (Å²) in [5.74, 6) is 4.67. The Hall–Kier alpha value is -2.39. The van der Waals surface area contributed by atoms with Crippen LogP contribution in [0.15, 0.2) is 18.3 Å². The maximum absolute atomic E-state index is 11.6. The van der Waals surface area contributed by atoms with Crippen molar-refractivity contribution in [3.8, 4) is 11.8 Å². The van der Waals surface area contributed by atoms with Gasteiger partial charge >= 0.3 is 0 Å². The Kier molecular flexibility index (Phi) is 5.35. The summed E-state index contributed by atoms with van der Waals surface area (Å²) in [5.41, 5.74) is 11.1. The number of carbonyl (C=O) groups excluding carboxylic acids is 2. The molecule has 0 aromatic carbocycles. The fraction of sp³-hybridized carbons (Fsp3) is 0.250. The van der Waals surface area contributed by atoms with Gasteiger partial charge in [0.1, 0.15) is 5.69 Å². The van der Waals surface area contributed by atoms with Crippen LogP contribution in [0, 0.1) is 11.8 Å². The Morgan fingerprint density at radius 1 is 1.39 bits per heavy atom. The molecule has 0 bridgehead atoms. The second kappa shape index (κ2) is 7.04. The zero-order valence-electron chi connectivity index (χ0n) is 9.77. The summed E-state index contributed by atoms with van der Waals surface area (Å²) >= 11 is 0. The summed E-state index contributed by atoms with van der Waals surface area (Å²) in [6.45, 7) is 0.472. The molecule has 0 aliphatic carbocycles. The van der Waals surface area contributed by atoms with Crippen LogP contribution in [0.3, 0.4) is 0 Å². The highest BCUT2D eigenvalue weighted by molar-refractivity contribution is 5.92. The number of amides is 2. The van der Waals surface area contributed by atoms with E-state index in [0.29, 0.717) is 5.56 Å². The second-order valence-electron chi connectivity index (χ2n) is 3.41. The highest BCUT2D eigenvalue weighted by Crippen LogP contribution is 1.98. The van der Waals surface area contributed by atoms with Gasteiger partial charge in [-0.3, -0.25) is 9.59 Å². The van der Waals surface area contributed by atoms with Gasteiger partial charge in [0.15, 0.2) is 0 Å². The van der Waals surface area contributed by atoms with Crippen LogP contribution in [0.25, 0.3) is 0 Å². The molecule has 0 aliphatic rings. The predicted octanol–water partition coefficient (Wildman–Crippen LogP) is -1.00. The maximum Gasteiger partial charge on any atom is 0.269 e. The molecule has 0 aliphatic heterocycles. The zero-order valence-corrected chi connectivity index (χ0v) is 9.77. The van der Waals surface area contributed by atoms with Crippen molar-refractivity contribution in [3.05, 3.63) is 29.6 Å². The average Bonchev–Trinajstić information content (AvgIpc) is 2.36. The molecule has 0 fully saturated rings. The van der Waals surface area contributed by atoms with E-state index in [9.17, 15) is 9.59 Å². The number of aromatic nitrogens is 1. The van der Waals surface area contributed by atoms with Crippen molar-refractivity contribution in [1.82, 2.24) is 10.3 Å². The van der Waals surface area contributed by atoms with E-state index >= 15 is 0 Å². The van der Waals surface area contributed by atoms with Crippen LogP contribution >= 0.6 is 0 Å². The lowest BCUT2D eigenvalue weighted by atomic mass is 10.2. The van der Waals surface area contributed by atoms with Crippen LogP contribution in [-0.2, 0) is 4.79 Å². The molecule has 1 aromatic rings. The van der Waals surface area contributed by atoms with Gasteiger partial charge in [0.2, 0.25) is 5.91 Å². The molecule has 0 saturated carbocycles. The van der Waals surface area contributed by atoms with Gasteiger partial charge in [-0.2, -0.15) is 0 Å². The number of hydrogen-bond donors (Lipinski definition) is 3. The van der Waals surface area contributed by atoms with Gasteiger partial charge in [0.05, 0.1) is 6.54 Å². The van der Waals surface area contributed by atoms with E-state index in [2.05, 4.69) is 22.1 Å². The van der Waals surface area contributed by atoms with E-state index in [1.165, 1.54) is 6.20 Å². The Morgan fingerprint density at radius 3 is 2.72 bits per heavy atom. The Labute approximate surface area is 105 Å². The monoisotopic (exact) mass is 246 g/mol. The van der Waals surface area contributed by atoms with Crippen molar-refractivity contribution in [2.24, 2.45) is 11.5 Å². The Bertz CT molecular complexity index is 485. The number of nitrogens with one attached hydrogen (secondary N) is 1. The molecule has 1 aromatic heterocycles. The maximum atomic E-state index is 11.6. The second-order valence-corrected chi connectivity index (χ2v) is 3.41. The van der Waals surface area contributed by atoms with Crippen LogP contribution in [0.1, 0.15) is 22.5 Å². The Morgan fingerprint density at radius 2 is 2.17 bits per heavy atom. The quantitative estimate of drug-likeness (QED) is 0.591. The topological polar surface area (TPSA) is 111 Å². The number of primary amides is 1. The van der Waals surface area contributed by atoms with E-state index in [-0.39, 0.29) is 31.1 Å². The van der Waals surface area contributed by atoms with Crippen molar-refractivity contribution in [1.29, 1.82) is 0 Å². The first-order valence-corrected chi connectivity index (χ1v) is 5.35. The van der Waals surface area contributed by atoms with Crippen molar-refractivity contribution in [2.75, 3.05) is 13.1 Å². The van der Waals surface area contributed by atoms with Crippen LogP contribution in [0.5, 0.6) is 0 Å². The molecule has 18 heavy (non-hydrogen) atoms. The third-order valence-corrected chi connectivity index (χ3v) is 1.99. The molecular formula is C12H14N4O2. The summed E-state index contributed by atoms with van der Waals surface area (Å²) in [6.07, 6.45) is 1.59. The smallest absolute Gasteiger partial charge is 0.269 e. The van der Waals surface area contributed by atoms with Crippen LogP contribution in [0.4, 0.5) is 0 Å². The predicted molar refractivity (Wildman–Crippen MR) is 66.3 cm³/mol. The van der Waals surface area contributed by atoms with Gasteiger partial charge in [-0.1, -0.05) is 11.8 Å². The van der Waals surface area contributed by atoms with Crippen molar-refractivity contribution in [3.63, 3.8) is 0 Å². The van der Waals surface area contributed by atoms with Gasteiger partial charge in [-0.05, 0) is 12.1 Å². The minimum Gasteiger partial charge on any atom is -0.370 e. The molecule has 1 rings (SSSR count). The summed E-state index contributed by atoms with van der Waals surface area (Å²) in [5, 5.41) is 2.53. The average molecular weight is 246 g/mol. The highest BCUT2D eigenvalue weighted by atomic mass is 16.2. The van der Waals surface area contributed by atoms with E-state index in [1.807, 2.05) is 0 Å². The molecule has 0 radical (unpaired) electrons. The molecule has 0 spiro atoms. The molecule has 0 unspecified atom stereocenters. The minimum absolute atomic E-state index is 0.103. The molecule has 1 heterocycles. The number of pyridine rings is 1. The van der Waals surface area contributed by atoms with Gasteiger partial charge in [0.25, 0.3) is 5.91 Å². The normalized spacial score (nSPS) is 9.17. The molecule has 5 N–H and O–H groups in total. The first-order chi connectivity index (χ1) is 8.63. The lowest BCUT2D eigenvalue weighted by Crippen LogP contribution is -2.28. The Balaban J connectivity index is 2.56. The zero-order chi connectivity index (χ0) is 13.4. The number of nitrogens with zero attached hydrogens (tertiary/aromatic N) is 1. The number of nitrogens with two attached hydrogens (primary N) is 2. The molecule has 0 atom stereocenters. The molecule has 6 heteroatoms. The van der Waals surface area contributed by atoms with Gasteiger partial charge in [-0.25, -0.2) is 4.98 Å². The number of rotatable bonds is 4. The summed E-state index contributed by atoms with van der Waals surface area (Å²) in [6, 6.07) is 3.23. The van der Waals surface area contributed by atoms with Crippen LogP contribution in [0.2, 0.25) is 0 Å². The van der Waals surface area contributed by atoms with Crippen LogP contribution < -0.4 is 16.8 Å². The summed E-state index contributed by atoms with van der Waals surface area (Å²) < 4.78 is 0. The third kappa shape index (κ3) is 4.63. The largest absolute Gasteiger partial charge is 0.370 e. The first kappa shape index (κ1) is 13.7. The minimum atomic E-state index is -0.462. The molecule has 94 valence electrons. The fourth-order valence-corrected chi connectivity index (χ4v) is 1.15. The van der Waals surface area contributed by atoms with Crippen molar-refractivity contribution in [2.45, 2.75) is 6.42 Å². The lowest BCUT2D eigenvalue weighted by Gasteiger charge is -2.02. The fourth-order valence-electron chi connectivity index (χ4n) is 1.15. The molecule has 2 amide bonds. The van der Waals surface area contributed by atoms with E-state index < -0.39 is 5.91 Å². The summed E-state index contributed by atoms with van der Waals surface area (Å²) in [7, 11) is 0. The van der Waals surface area contributed by atoms with Crippen LogP contribution in [-0.4, -0.2) is 29.9 Å². The van der Waals surface area contributed by atoms with E-state index in [1.54, 1.807) is 12.1 Å². The molecular weight excluding hydrogens is 232 g/mol. The van der Waals surface area contributed by atoms with Gasteiger partial charge in [0, 0.05) is 24.7 Å². The highest BCUT2D eigenvalue weighted by Gasteiger charge is 2.06. The SMILES string of the molecule is NCC#Cc1ccc(C(=O)NCCC(N)=O)nc1. The van der Waals surface area contributed by atoms with E-state index in [4.69, 9.17) is 11.5 Å². The third-order valence-electron chi connectivity index (χ3n) is 1.99. The molecule has 6 nitrogen and oxygen atoms in total. The summed E-state index contributed by atoms with van der Waals surface area (Å²) in [4.78, 5) is 26.0. The standard InChI is InChI=1S/C12H14N4O2/c13-6-1-2-9-3-4-10(16-8-9)12(18)15-7-5-11(14)17/h3-4,8H,5-7,13H2,(H2,14,17)(H,15,18). The molecule has 0 saturated heterocycles. The first-order valence-electron chi connectivity index (χ1n) is 5.35. The number of hydrogen-bond acceptors (Lipinski definition) is 4. The van der Waals surface area contributed by atoms with E-state index in [0.717, 1.165) is 0 Å². The van der Waals surface area contributed by atoms with Gasteiger partial charge in [-0.15, -0.1) is 0 Å². The number of carbonyl (C=O) groups is 2. The lowest BCUT2D eigenvalue weighted by molar-refractivity contribution is -0.117.